The number of amides is 1. The largest absolute Gasteiger partial charge is 0.496 e. The summed E-state index contributed by atoms with van der Waals surface area (Å²) in [7, 11) is 1.57. The molecule has 0 atom stereocenters. The van der Waals surface area contributed by atoms with Crippen LogP contribution in [0.4, 0.5) is 11.6 Å². The van der Waals surface area contributed by atoms with Crippen LogP contribution in [0.3, 0.4) is 0 Å². The van der Waals surface area contributed by atoms with Gasteiger partial charge in [0.1, 0.15) is 30.3 Å². The van der Waals surface area contributed by atoms with Crippen molar-refractivity contribution < 1.29 is 9.53 Å². The maximum absolute atomic E-state index is 12.6. The maximum Gasteiger partial charge on any atom is 0.267 e. The minimum Gasteiger partial charge on any atom is -0.496 e. The highest BCUT2D eigenvalue weighted by molar-refractivity contribution is 5.89. The summed E-state index contributed by atoms with van der Waals surface area (Å²) in [5, 5.41) is 7.10. The van der Waals surface area contributed by atoms with Gasteiger partial charge in [-0.2, -0.15) is 5.10 Å². The third-order valence-corrected chi connectivity index (χ3v) is 5.57. The van der Waals surface area contributed by atoms with Gasteiger partial charge < -0.3 is 15.0 Å². The first-order valence-corrected chi connectivity index (χ1v) is 10.6. The van der Waals surface area contributed by atoms with Gasteiger partial charge in [0.25, 0.3) is 5.56 Å². The van der Waals surface area contributed by atoms with Crippen LogP contribution in [0, 0.1) is 5.92 Å². The predicted octanol–water partition coefficient (Wildman–Crippen LogP) is 2.58. The average Bonchev–Trinajstić information content (AvgIpc) is 2.81. The van der Waals surface area contributed by atoms with Gasteiger partial charge in [0.2, 0.25) is 5.91 Å². The van der Waals surface area contributed by atoms with Gasteiger partial charge in [0.15, 0.2) is 0 Å². The van der Waals surface area contributed by atoms with Crippen molar-refractivity contribution in [1.82, 2.24) is 19.7 Å². The van der Waals surface area contributed by atoms with Gasteiger partial charge >= 0.3 is 0 Å². The molecule has 9 heteroatoms. The van der Waals surface area contributed by atoms with E-state index in [0.29, 0.717) is 23.2 Å². The summed E-state index contributed by atoms with van der Waals surface area (Å²) in [4.78, 5) is 35.6. The lowest BCUT2D eigenvalue weighted by atomic mass is 9.99. The minimum atomic E-state index is -0.395. The third-order valence-electron chi connectivity index (χ3n) is 5.57. The van der Waals surface area contributed by atoms with Crippen LogP contribution >= 0.6 is 0 Å². The number of hydrogen-bond donors (Lipinski definition) is 1. The van der Waals surface area contributed by atoms with Crippen molar-refractivity contribution in [2.45, 2.75) is 26.3 Å². The number of para-hydroxylation sites is 1. The van der Waals surface area contributed by atoms with Gasteiger partial charge in [-0.25, -0.2) is 14.6 Å². The zero-order valence-corrected chi connectivity index (χ0v) is 18.2. The topological polar surface area (TPSA) is 102 Å². The summed E-state index contributed by atoms with van der Waals surface area (Å²) >= 11 is 0. The molecule has 0 saturated carbocycles. The fourth-order valence-corrected chi connectivity index (χ4v) is 3.71. The van der Waals surface area contributed by atoms with Gasteiger partial charge in [0.05, 0.1) is 12.8 Å². The van der Waals surface area contributed by atoms with Crippen molar-refractivity contribution in [3.05, 3.63) is 59.1 Å². The first-order valence-electron chi connectivity index (χ1n) is 10.6. The first kappa shape index (κ1) is 21.5. The molecule has 1 amide bonds. The number of benzene rings is 1. The van der Waals surface area contributed by atoms with Crippen molar-refractivity contribution in [2.75, 3.05) is 30.4 Å². The number of anilines is 2. The highest BCUT2D eigenvalue weighted by Gasteiger charge is 2.18. The quantitative estimate of drug-likeness (QED) is 0.636. The Kier molecular flexibility index (Phi) is 6.44. The van der Waals surface area contributed by atoms with Crippen LogP contribution in [-0.4, -0.2) is 45.9 Å². The summed E-state index contributed by atoms with van der Waals surface area (Å²) in [5.41, 5.74) is 0.906. The molecule has 1 N–H and O–H groups in total. The number of nitrogens with zero attached hydrogens (tertiary/aromatic N) is 5. The second-order valence-corrected chi connectivity index (χ2v) is 7.89. The fraction of sp³-hybridized carbons (Fsp3) is 0.348. The monoisotopic (exact) mass is 434 g/mol. The molecule has 9 nitrogen and oxygen atoms in total. The lowest BCUT2D eigenvalue weighted by Gasteiger charge is -2.31. The van der Waals surface area contributed by atoms with E-state index in [4.69, 9.17) is 4.74 Å². The Morgan fingerprint density at radius 3 is 2.72 bits per heavy atom. The van der Waals surface area contributed by atoms with E-state index in [1.165, 1.54) is 12.4 Å². The van der Waals surface area contributed by atoms with Crippen molar-refractivity contribution in [3.63, 3.8) is 0 Å². The Morgan fingerprint density at radius 2 is 1.94 bits per heavy atom. The average molecular weight is 435 g/mol. The summed E-state index contributed by atoms with van der Waals surface area (Å²) < 4.78 is 6.50. The van der Waals surface area contributed by atoms with Gasteiger partial charge in [-0.15, -0.1) is 0 Å². The molecule has 0 spiro atoms. The zero-order chi connectivity index (χ0) is 22.5. The second kappa shape index (κ2) is 9.59. The normalized spacial score (nSPS) is 14.2. The maximum atomic E-state index is 12.6. The lowest BCUT2D eigenvalue weighted by Crippen LogP contribution is -2.33. The van der Waals surface area contributed by atoms with Crippen molar-refractivity contribution in [1.29, 1.82) is 0 Å². The molecule has 0 unspecified atom stereocenters. The predicted molar refractivity (Wildman–Crippen MR) is 122 cm³/mol. The molecular formula is C23H26N6O3. The molecule has 1 aliphatic rings. The number of methoxy groups -OCH3 is 1. The molecule has 2 aromatic heterocycles. The van der Waals surface area contributed by atoms with E-state index in [1.54, 1.807) is 19.2 Å². The Balaban J connectivity index is 1.48. The summed E-state index contributed by atoms with van der Waals surface area (Å²) in [6.07, 6.45) is 3.67. The Hall–Kier alpha value is -3.75. The summed E-state index contributed by atoms with van der Waals surface area (Å²) in [5.74, 6) is 2.14. The fourth-order valence-electron chi connectivity index (χ4n) is 3.71. The van der Waals surface area contributed by atoms with E-state index in [2.05, 4.69) is 32.2 Å². The highest BCUT2D eigenvalue weighted by Crippen LogP contribution is 2.27. The van der Waals surface area contributed by atoms with E-state index in [0.717, 1.165) is 42.0 Å². The van der Waals surface area contributed by atoms with E-state index < -0.39 is 5.91 Å². The molecule has 3 heterocycles. The zero-order valence-electron chi connectivity index (χ0n) is 18.2. The number of hydrogen-bond acceptors (Lipinski definition) is 7. The van der Waals surface area contributed by atoms with Crippen LogP contribution in [0.1, 0.15) is 19.8 Å². The molecule has 4 rings (SSSR count). The number of rotatable bonds is 6. The van der Waals surface area contributed by atoms with Crippen molar-refractivity contribution in [3.8, 4) is 17.0 Å². The molecule has 0 radical (unpaired) electrons. The van der Waals surface area contributed by atoms with E-state index in [1.807, 2.05) is 24.3 Å². The molecule has 166 valence electrons. The molecule has 0 aliphatic carbocycles. The number of ether oxygens (including phenoxy) is 1. The number of carbonyl (C=O) groups is 1. The van der Waals surface area contributed by atoms with E-state index in [-0.39, 0.29) is 12.1 Å². The number of piperidine rings is 1. The molecule has 32 heavy (non-hydrogen) atoms. The number of aromatic nitrogens is 4. The number of carbonyl (C=O) groups excluding carboxylic acids is 1. The van der Waals surface area contributed by atoms with Gasteiger partial charge in [-0.3, -0.25) is 9.59 Å². The smallest absolute Gasteiger partial charge is 0.267 e. The van der Waals surface area contributed by atoms with Crippen molar-refractivity contribution >= 4 is 17.5 Å². The van der Waals surface area contributed by atoms with Crippen LogP contribution < -0.4 is 20.5 Å². The molecule has 1 saturated heterocycles. The minimum absolute atomic E-state index is 0.234. The molecule has 1 aromatic carbocycles. The van der Waals surface area contributed by atoms with Crippen LogP contribution in [0.5, 0.6) is 5.75 Å². The van der Waals surface area contributed by atoms with Crippen molar-refractivity contribution in [2.24, 2.45) is 5.92 Å². The Labute approximate surface area is 186 Å². The van der Waals surface area contributed by atoms with Crippen LogP contribution in [0.25, 0.3) is 11.3 Å². The summed E-state index contributed by atoms with van der Waals surface area (Å²) in [6.45, 7) is 3.88. The number of nitrogens with one attached hydrogen (secondary N) is 1. The Bertz CT molecular complexity index is 1150. The van der Waals surface area contributed by atoms with E-state index in [9.17, 15) is 9.59 Å². The van der Waals surface area contributed by atoms with E-state index >= 15 is 0 Å². The summed E-state index contributed by atoms with van der Waals surface area (Å²) in [6, 6.07) is 12.1. The SMILES string of the molecule is COc1ccccc1-c1ccc(=O)n(CC(=O)Nc2cc(N3CCC(C)CC3)ncn2)n1. The lowest BCUT2D eigenvalue weighted by molar-refractivity contribution is -0.117. The molecule has 0 bridgehead atoms. The molecule has 1 aliphatic heterocycles. The Morgan fingerprint density at radius 1 is 1.16 bits per heavy atom. The standard InChI is InChI=1S/C23H26N6O3/c1-16-9-11-28(12-10-16)21-13-20(24-15-25-21)26-22(30)14-29-23(31)8-7-18(27-29)17-5-3-4-6-19(17)32-2/h3-8,13,15-16H,9-12,14H2,1-2H3,(H,24,25,26,30). The van der Waals surface area contributed by atoms with Gasteiger partial charge in [-0.05, 0) is 37.0 Å². The van der Waals surface area contributed by atoms with Gasteiger partial charge in [0, 0.05) is 30.8 Å². The molecular weight excluding hydrogens is 408 g/mol. The first-order chi connectivity index (χ1) is 15.5. The third kappa shape index (κ3) is 4.93. The molecule has 1 fully saturated rings. The van der Waals surface area contributed by atoms with Crippen LogP contribution in [0.15, 0.2) is 53.6 Å². The molecule has 3 aromatic rings. The highest BCUT2D eigenvalue weighted by atomic mass is 16.5. The second-order valence-electron chi connectivity index (χ2n) is 7.89. The van der Waals surface area contributed by atoms with Crippen LogP contribution in [-0.2, 0) is 11.3 Å². The van der Waals surface area contributed by atoms with Crippen LogP contribution in [0.2, 0.25) is 0 Å². The van der Waals surface area contributed by atoms with Gasteiger partial charge in [-0.1, -0.05) is 19.1 Å².